The second-order valence-electron chi connectivity index (χ2n) is 10.9. The van der Waals surface area contributed by atoms with Gasteiger partial charge < -0.3 is 29.0 Å². The van der Waals surface area contributed by atoms with Gasteiger partial charge in [-0.25, -0.2) is 0 Å². The summed E-state index contributed by atoms with van der Waals surface area (Å²) in [7, 11) is 1.71. The summed E-state index contributed by atoms with van der Waals surface area (Å²) >= 11 is 0. The Balaban J connectivity index is 1.32. The topological polar surface area (TPSA) is 78.7 Å². The Labute approximate surface area is 179 Å². The molecule has 3 saturated heterocycles. The van der Waals surface area contributed by atoms with E-state index in [1.165, 1.54) is 4.90 Å². The predicted octanol–water partition coefficient (Wildman–Crippen LogP) is 0.686. The van der Waals surface area contributed by atoms with Crippen molar-refractivity contribution in [3.05, 3.63) is 0 Å². The summed E-state index contributed by atoms with van der Waals surface area (Å²) in [5, 5.41) is 12.0. The number of rotatable bonds is 3. The summed E-state index contributed by atoms with van der Waals surface area (Å²) in [6.07, 6.45) is 5.82. The van der Waals surface area contributed by atoms with Crippen molar-refractivity contribution in [3.8, 4) is 0 Å². The molecule has 0 amide bonds. The van der Waals surface area contributed by atoms with E-state index in [0.717, 1.165) is 58.2 Å². The Kier molecular flexibility index (Phi) is 5.03. The number of quaternary nitrogens is 1. The van der Waals surface area contributed by atoms with Gasteiger partial charge in [0, 0.05) is 18.4 Å². The standard InChI is InChI=1S/C23H37NO6/c1-20-5-4-6-21(2,27-3)23(20,26)13-16-17(19(25)30-18(16)14-20)15-24-9-7-22(8-10-24)28-11-12-29-22/h16-18,26H,4-15H2,1-3H3/p+1/t16-,17+,18-,20-,21-,23-/m1/s1. The second kappa shape index (κ2) is 7.14. The minimum atomic E-state index is -0.937. The monoisotopic (exact) mass is 424 g/mol. The number of fused-ring (bicyclic) bond motifs is 2. The molecular formula is C23H38NO6+. The molecule has 7 nitrogen and oxygen atoms in total. The SMILES string of the molecule is CO[C@]1(C)CCC[C@]2(C)C[C@H]3OC(=O)[C@@H](C[NH+]4CCC5(CC4)OCCO5)[C@H]3C[C@@]21O. The summed E-state index contributed by atoms with van der Waals surface area (Å²) in [6, 6.07) is 0. The largest absolute Gasteiger partial charge is 0.462 e. The van der Waals surface area contributed by atoms with Crippen LogP contribution < -0.4 is 4.90 Å². The predicted molar refractivity (Wildman–Crippen MR) is 108 cm³/mol. The maximum Gasteiger partial charge on any atom is 0.315 e. The molecule has 1 spiro atoms. The maximum atomic E-state index is 12.9. The zero-order valence-electron chi connectivity index (χ0n) is 18.7. The smallest absolute Gasteiger partial charge is 0.315 e. The first-order valence-electron chi connectivity index (χ1n) is 11.8. The molecule has 170 valence electrons. The quantitative estimate of drug-likeness (QED) is 0.649. The van der Waals surface area contributed by atoms with Gasteiger partial charge in [0.25, 0.3) is 0 Å². The Bertz CT molecular complexity index is 685. The molecule has 5 aliphatic rings. The normalized spacial score (nSPS) is 48.4. The van der Waals surface area contributed by atoms with Crippen molar-refractivity contribution >= 4 is 5.97 Å². The van der Waals surface area contributed by atoms with Crippen molar-refractivity contribution in [1.82, 2.24) is 0 Å². The van der Waals surface area contributed by atoms with Crippen molar-refractivity contribution in [2.24, 2.45) is 17.3 Å². The third-order valence-corrected chi connectivity index (χ3v) is 9.49. The molecule has 2 aliphatic carbocycles. The first-order chi connectivity index (χ1) is 14.2. The highest BCUT2D eigenvalue weighted by molar-refractivity contribution is 5.75. The molecule has 5 rings (SSSR count). The van der Waals surface area contributed by atoms with Crippen molar-refractivity contribution in [2.75, 3.05) is 40.0 Å². The number of nitrogens with one attached hydrogen (secondary N) is 1. The highest BCUT2D eigenvalue weighted by Gasteiger charge is 2.68. The molecule has 0 bridgehead atoms. The zero-order chi connectivity index (χ0) is 21.2. The maximum absolute atomic E-state index is 12.9. The molecule has 0 unspecified atom stereocenters. The van der Waals surface area contributed by atoms with Gasteiger partial charge in [-0.15, -0.1) is 0 Å². The number of hydrogen-bond acceptors (Lipinski definition) is 6. The average Bonchev–Trinajstić information content (AvgIpc) is 3.28. The van der Waals surface area contributed by atoms with Crippen LogP contribution in [0.2, 0.25) is 0 Å². The molecule has 0 radical (unpaired) electrons. The minimum absolute atomic E-state index is 0.0607. The van der Waals surface area contributed by atoms with Gasteiger partial charge in [0.15, 0.2) is 5.79 Å². The molecule has 7 heteroatoms. The summed E-state index contributed by atoms with van der Waals surface area (Å²) in [5.74, 6) is -0.547. The molecular weight excluding hydrogens is 386 g/mol. The third-order valence-electron chi connectivity index (χ3n) is 9.49. The van der Waals surface area contributed by atoms with Crippen molar-refractivity contribution in [3.63, 3.8) is 0 Å². The van der Waals surface area contributed by atoms with E-state index >= 15 is 0 Å². The van der Waals surface area contributed by atoms with Gasteiger partial charge in [0.1, 0.15) is 12.0 Å². The molecule has 2 N–H and O–H groups in total. The number of ether oxygens (including phenoxy) is 4. The molecule has 0 aromatic heterocycles. The summed E-state index contributed by atoms with van der Waals surface area (Å²) in [5.41, 5.74) is -1.80. The number of hydrogen-bond donors (Lipinski definition) is 2. The van der Waals surface area contributed by atoms with Crippen molar-refractivity contribution < 1.29 is 33.7 Å². The van der Waals surface area contributed by atoms with Crippen LogP contribution in [0.15, 0.2) is 0 Å². The average molecular weight is 425 g/mol. The Morgan fingerprint density at radius 2 is 1.80 bits per heavy atom. The number of carbonyl (C=O) groups is 1. The number of aliphatic hydroxyl groups is 1. The van der Waals surface area contributed by atoms with Crippen LogP contribution in [0.4, 0.5) is 0 Å². The van der Waals surface area contributed by atoms with Gasteiger partial charge in [-0.3, -0.25) is 4.79 Å². The Morgan fingerprint density at radius 3 is 2.47 bits per heavy atom. The second-order valence-corrected chi connectivity index (χ2v) is 10.9. The van der Waals surface area contributed by atoms with E-state index in [2.05, 4.69) is 6.92 Å². The molecule has 3 aliphatic heterocycles. The number of esters is 1. The van der Waals surface area contributed by atoms with Crippen molar-refractivity contribution in [1.29, 1.82) is 0 Å². The van der Waals surface area contributed by atoms with Crippen LogP contribution in [0.3, 0.4) is 0 Å². The van der Waals surface area contributed by atoms with E-state index in [1.807, 2.05) is 6.92 Å². The van der Waals surface area contributed by atoms with E-state index in [0.29, 0.717) is 19.6 Å². The fourth-order valence-corrected chi connectivity index (χ4v) is 7.40. The Morgan fingerprint density at radius 1 is 1.10 bits per heavy atom. The van der Waals surface area contributed by atoms with Gasteiger partial charge in [-0.2, -0.15) is 0 Å². The van der Waals surface area contributed by atoms with Crippen LogP contribution in [0.5, 0.6) is 0 Å². The lowest BCUT2D eigenvalue weighted by Crippen LogP contribution is -3.14. The van der Waals surface area contributed by atoms with Crippen LogP contribution in [0.1, 0.15) is 58.8 Å². The van der Waals surface area contributed by atoms with Gasteiger partial charge in [-0.1, -0.05) is 6.92 Å². The molecule has 0 aromatic rings. The molecule has 0 aromatic carbocycles. The number of piperidine rings is 1. The number of carbonyl (C=O) groups excluding carboxylic acids is 1. The number of methoxy groups -OCH3 is 1. The Hall–Kier alpha value is -0.730. The van der Waals surface area contributed by atoms with E-state index in [1.54, 1.807) is 7.11 Å². The van der Waals surface area contributed by atoms with E-state index in [9.17, 15) is 9.90 Å². The highest BCUT2D eigenvalue weighted by atomic mass is 16.7. The van der Waals surface area contributed by atoms with E-state index in [4.69, 9.17) is 18.9 Å². The van der Waals surface area contributed by atoms with Gasteiger partial charge in [-0.05, 0) is 39.0 Å². The van der Waals surface area contributed by atoms with Crippen LogP contribution in [0, 0.1) is 17.3 Å². The molecule has 2 saturated carbocycles. The summed E-state index contributed by atoms with van der Waals surface area (Å²) in [4.78, 5) is 14.3. The fourth-order valence-electron chi connectivity index (χ4n) is 7.40. The minimum Gasteiger partial charge on any atom is -0.462 e. The van der Waals surface area contributed by atoms with Gasteiger partial charge >= 0.3 is 5.97 Å². The summed E-state index contributed by atoms with van der Waals surface area (Å²) in [6.45, 7) is 8.24. The first-order valence-corrected chi connectivity index (χ1v) is 11.8. The molecule has 3 heterocycles. The lowest BCUT2D eigenvalue weighted by Gasteiger charge is -2.61. The van der Waals surface area contributed by atoms with Crippen LogP contribution in [-0.4, -0.2) is 74.1 Å². The summed E-state index contributed by atoms with van der Waals surface area (Å²) < 4.78 is 23.5. The molecule has 6 atom stereocenters. The lowest BCUT2D eigenvalue weighted by molar-refractivity contribution is -0.911. The van der Waals surface area contributed by atoms with Crippen LogP contribution >= 0.6 is 0 Å². The third kappa shape index (κ3) is 2.99. The molecule has 5 fully saturated rings. The van der Waals surface area contributed by atoms with Gasteiger partial charge in [0.05, 0.1) is 56.9 Å². The zero-order valence-corrected chi connectivity index (χ0v) is 18.7. The number of likely N-dealkylation sites (tertiary alicyclic amines) is 1. The van der Waals surface area contributed by atoms with Crippen LogP contribution in [0.25, 0.3) is 0 Å². The first kappa shape index (κ1) is 21.1. The van der Waals surface area contributed by atoms with E-state index < -0.39 is 11.2 Å². The van der Waals surface area contributed by atoms with Crippen molar-refractivity contribution in [2.45, 2.75) is 81.9 Å². The van der Waals surface area contributed by atoms with Gasteiger partial charge in [0.2, 0.25) is 0 Å². The highest BCUT2D eigenvalue weighted by Crippen LogP contribution is 2.61. The molecule has 30 heavy (non-hydrogen) atoms. The fraction of sp³-hybridized carbons (Fsp3) is 0.957. The van der Waals surface area contributed by atoms with Crippen LogP contribution in [-0.2, 0) is 23.7 Å². The van der Waals surface area contributed by atoms with E-state index in [-0.39, 0.29) is 35.1 Å². The lowest BCUT2D eigenvalue weighted by atomic mass is 9.49.